The molecule has 0 atom stereocenters. The largest absolute Gasteiger partial charge is 0.310 e. The van der Waals surface area contributed by atoms with Crippen molar-refractivity contribution in [3.05, 3.63) is 24.2 Å². The smallest absolute Gasteiger partial charge is 0.281 e. The van der Waals surface area contributed by atoms with Crippen LogP contribution in [0.5, 0.6) is 0 Å². The maximum atomic E-state index is 12.2. The van der Waals surface area contributed by atoms with Crippen LogP contribution in [0.1, 0.15) is 18.4 Å². The normalized spacial score (nSPS) is 15.2. The Kier molecular flexibility index (Phi) is 3.32. The average Bonchev–Trinajstić information content (AvgIpc) is 3.13. The molecule has 9 nitrogen and oxygen atoms in total. The van der Waals surface area contributed by atoms with Crippen LogP contribution in [0.15, 0.2) is 23.6 Å². The van der Waals surface area contributed by atoms with E-state index in [0.29, 0.717) is 18.2 Å². The molecule has 1 saturated carbocycles. The van der Waals surface area contributed by atoms with Crippen LogP contribution < -0.4 is 10.0 Å². The Morgan fingerprint density at radius 3 is 2.90 bits per heavy atom. The molecule has 0 bridgehead atoms. The molecule has 0 spiro atoms. The lowest BCUT2D eigenvalue weighted by Gasteiger charge is -2.06. The van der Waals surface area contributed by atoms with Gasteiger partial charge in [-0.25, -0.2) is 9.71 Å². The van der Waals surface area contributed by atoms with Crippen molar-refractivity contribution in [1.29, 1.82) is 0 Å². The van der Waals surface area contributed by atoms with E-state index >= 15 is 0 Å². The summed E-state index contributed by atoms with van der Waals surface area (Å²) in [5.74, 6) is -0.0804. The van der Waals surface area contributed by atoms with E-state index in [1.807, 2.05) is 0 Å². The van der Waals surface area contributed by atoms with Crippen molar-refractivity contribution in [3.8, 4) is 0 Å². The second-order valence-electron chi connectivity index (χ2n) is 4.45. The van der Waals surface area contributed by atoms with E-state index in [9.17, 15) is 8.42 Å². The van der Waals surface area contributed by atoms with Gasteiger partial charge in [0.05, 0.1) is 18.6 Å². The third kappa shape index (κ3) is 2.91. The Labute approximate surface area is 115 Å². The van der Waals surface area contributed by atoms with Crippen LogP contribution in [-0.4, -0.2) is 39.8 Å². The zero-order chi connectivity index (χ0) is 14.0. The SMILES string of the molecule is O=S(=O)(Nc1nccnn1)c1[nH]ncc1CNC1CC1. The molecule has 1 aliphatic carbocycles. The van der Waals surface area contributed by atoms with E-state index in [0.717, 1.165) is 12.8 Å². The number of anilines is 1. The molecule has 0 radical (unpaired) electrons. The third-order valence-electron chi connectivity index (χ3n) is 2.81. The first-order chi connectivity index (χ1) is 9.65. The molecule has 0 unspecified atom stereocenters. The molecule has 3 rings (SSSR count). The van der Waals surface area contributed by atoms with Crippen molar-refractivity contribution in [2.45, 2.75) is 30.5 Å². The number of hydrogen-bond donors (Lipinski definition) is 3. The number of aromatic nitrogens is 5. The molecule has 0 aromatic carbocycles. The fraction of sp³-hybridized carbons (Fsp3) is 0.400. The summed E-state index contributed by atoms with van der Waals surface area (Å²) < 4.78 is 26.7. The molecule has 2 aromatic rings. The average molecular weight is 295 g/mol. The Bertz CT molecular complexity index is 681. The van der Waals surface area contributed by atoms with E-state index < -0.39 is 10.0 Å². The quantitative estimate of drug-likeness (QED) is 0.664. The first kappa shape index (κ1) is 12.9. The Hall–Kier alpha value is -2.07. The van der Waals surface area contributed by atoms with Crippen LogP contribution in [0.4, 0.5) is 5.95 Å². The fourth-order valence-electron chi connectivity index (χ4n) is 1.67. The van der Waals surface area contributed by atoms with Crippen molar-refractivity contribution < 1.29 is 8.42 Å². The highest BCUT2D eigenvalue weighted by Crippen LogP contribution is 2.21. The molecule has 2 aromatic heterocycles. The molecule has 3 N–H and O–H groups in total. The lowest BCUT2D eigenvalue weighted by molar-refractivity contribution is 0.592. The predicted molar refractivity (Wildman–Crippen MR) is 69.1 cm³/mol. The van der Waals surface area contributed by atoms with Gasteiger partial charge in [0.25, 0.3) is 16.0 Å². The van der Waals surface area contributed by atoms with Gasteiger partial charge in [-0.2, -0.15) is 18.6 Å². The maximum absolute atomic E-state index is 12.2. The zero-order valence-electron chi connectivity index (χ0n) is 10.4. The summed E-state index contributed by atoms with van der Waals surface area (Å²) in [6.45, 7) is 0.450. The van der Waals surface area contributed by atoms with Gasteiger partial charge in [-0.1, -0.05) is 0 Å². The van der Waals surface area contributed by atoms with Crippen LogP contribution in [0.2, 0.25) is 0 Å². The van der Waals surface area contributed by atoms with Gasteiger partial charge < -0.3 is 5.32 Å². The first-order valence-electron chi connectivity index (χ1n) is 6.07. The number of nitrogens with zero attached hydrogens (tertiary/aromatic N) is 4. The lowest BCUT2D eigenvalue weighted by Crippen LogP contribution is -2.20. The second kappa shape index (κ2) is 5.13. The first-order valence-corrected chi connectivity index (χ1v) is 7.55. The molecule has 2 heterocycles. The van der Waals surface area contributed by atoms with Crippen LogP contribution in [-0.2, 0) is 16.6 Å². The van der Waals surface area contributed by atoms with Crippen molar-refractivity contribution in [2.75, 3.05) is 4.72 Å². The highest BCUT2D eigenvalue weighted by Gasteiger charge is 2.25. The highest BCUT2D eigenvalue weighted by atomic mass is 32.2. The molecular weight excluding hydrogens is 282 g/mol. The Morgan fingerprint density at radius 2 is 2.20 bits per heavy atom. The molecule has 1 fully saturated rings. The van der Waals surface area contributed by atoms with Gasteiger partial charge in [0.15, 0.2) is 5.03 Å². The van der Waals surface area contributed by atoms with Crippen LogP contribution in [0, 0.1) is 0 Å². The van der Waals surface area contributed by atoms with Gasteiger partial charge in [-0.05, 0) is 12.8 Å². The Balaban J connectivity index is 1.78. The molecule has 106 valence electrons. The van der Waals surface area contributed by atoms with E-state index in [4.69, 9.17) is 0 Å². The van der Waals surface area contributed by atoms with Gasteiger partial charge >= 0.3 is 0 Å². The summed E-state index contributed by atoms with van der Waals surface area (Å²) in [6.07, 6.45) is 6.46. The maximum Gasteiger partial charge on any atom is 0.281 e. The zero-order valence-corrected chi connectivity index (χ0v) is 11.3. The molecular formula is C10H13N7O2S. The van der Waals surface area contributed by atoms with E-state index in [1.54, 1.807) is 0 Å². The standard InChI is InChI=1S/C10H13N7O2S/c18-20(19,17-10-11-3-4-13-16-10)9-7(6-14-15-9)5-12-8-1-2-8/h3-4,6,8,12H,1-2,5H2,(H,14,15)(H,11,16,17). The summed E-state index contributed by atoms with van der Waals surface area (Å²) in [5.41, 5.74) is 0.577. The minimum Gasteiger partial charge on any atom is -0.310 e. The number of H-pyrrole nitrogens is 1. The van der Waals surface area contributed by atoms with Crippen LogP contribution >= 0.6 is 0 Å². The summed E-state index contributed by atoms with van der Waals surface area (Å²) in [4.78, 5) is 3.77. The van der Waals surface area contributed by atoms with Gasteiger partial charge in [0.2, 0.25) is 0 Å². The van der Waals surface area contributed by atoms with Crippen molar-refractivity contribution >= 4 is 16.0 Å². The summed E-state index contributed by atoms with van der Waals surface area (Å²) >= 11 is 0. The van der Waals surface area contributed by atoms with Gasteiger partial charge in [0.1, 0.15) is 0 Å². The van der Waals surface area contributed by atoms with E-state index in [-0.39, 0.29) is 11.0 Å². The van der Waals surface area contributed by atoms with Crippen molar-refractivity contribution in [1.82, 2.24) is 30.7 Å². The number of hydrogen-bond acceptors (Lipinski definition) is 7. The van der Waals surface area contributed by atoms with Gasteiger partial charge in [0, 0.05) is 18.2 Å². The van der Waals surface area contributed by atoms with Gasteiger partial charge in [-0.15, -0.1) is 5.10 Å². The molecule has 0 amide bonds. The topological polar surface area (TPSA) is 126 Å². The van der Waals surface area contributed by atoms with Crippen LogP contribution in [0.3, 0.4) is 0 Å². The minimum absolute atomic E-state index is 0.0121. The second-order valence-corrected chi connectivity index (χ2v) is 6.07. The summed E-state index contributed by atoms with van der Waals surface area (Å²) in [6, 6.07) is 0.482. The third-order valence-corrected chi connectivity index (χ3v) is 4.16. The summed E-state index contributed by atoms with van der Waals surface area (Å²) in [5, 5.41) is 16.7. The van der Waals surface area contributed by atoms with E-state index in [1.165, 1.54) is 18.6 Å². The monoisotopic (exact) mass is 295 g/mol. The molecule has 0 saturated heterocycles. The minimum atomic E-state index is -3.80. The molecule has 10 heteroatoms. The number of aromatic amines is 1. The van der Waals surface area contributed by atoms with Gasteiger partial charge in [-0.3, -0.25) is 5.10 Å². The summed E-state index contributed by atoms with van der Waals surface area (Å²) in [7, 11) is -3.80. The number of nitrogens with one attached hydrogen (secondary N) is 3. The van der Waals surface area contributed by atoms with Crippen LogP contribution in [0.25, 0.3) is 0 Å². The fourth-order valence-corrected chi connectivity index (χ4v) is 2.74. The Morgan fingerprint density at radius 1 is 1.35 bits per heavy atom. The molecule has 20 heavy (non-hydrogen) atoms. The van der Waals surface area contributed by atoms with E-state index in [2.05, 4.69) is 35.4 Å². The number of rotatable bonds is 6. The van der Waals surface area contributed by atoms with Crippen molar-refractivity contribution in [3.63, 3.8) is 0 Å². The molecule has 0 aliphatic heterocycles. The highest BCUT2D eigenvalue weighted by molar-refractivity contribution is 7.92. The predicted octanol–water partition coefficient (Wildman–Crippen LogP) is -0.353. The van der Waals surface area contributed by atoms with Crippen molar-refractivity contribution in [2.24, 2.45) is 0 Å². The number of sulfonamides is 1. The lowest BCUT2D eigenvalue weighted by atomic mass is 10.3. The molecule has 1 aliphatic rings.